The maximum Gasteiger partial charge on any atom is 0.137 e. The topological polar surface area (TPSA) is 24.3 Å². The standard InChI is InChI=1S/C41H36N4/c1-41(2,3)31-24-30(25-33(27-31)44-28-43(32-13-5-4-6-14-32)37-17-9-10-18-38(37)44)23-29-20-21-35-34-15-7-8-16-36(34)45(39(35)26-29)40-19-11-12-22-42-40/h4-22,24-27H,23,28H2,1-3H3. The number of rotatable bonds is 5. The SMILES string of the molecule is CC(C)(C)c1cc(Cc2ccc3c4ccccc4n(-c4ccccn4)c3c2)cc(N2CN(c3ccccc3)c3ccccc32)c1. The third kappa shape index (κ3) is 4.83. The molecule has 0 radical (unpaired) electrons. The quantitative estimate of drug-likeness (QED) is 0.201. The van der Waals surface area contributed by atoms with Crippen LogP contribution in [-0.2, 0) is 11.8 Å². The molecule has 8 rings (SSSR count). The fraction of sp³-hybridized carbons (Fsp3) is 0.146. The van der Waals surface area contributed by atoms with Crippen LogP contribution in [0.4, 0.5) is 22.7 Å². The van der Waals surface area contributed by atoms with Crippen LogP contribution in [0, 0.1) is 0 Å². The molecule has 5 aromatic carbocycles. The third-order valence-electron chi connectivity index (χ3n) is 8.99. The van der Waals surface area contributed by atoms with Crippen LogP contribution in [0.3, 0.4) is 0 Å². The average molecular weight is 585 g/mol. The molecule has 45 heavy (non-hydrogen) atoms. The number of pyridine rings is 1. The van der Waals surface area contributed by atoms with Crippen molar-refractivity contribution in [2.75, 3.05) is 16.5 Å². The summed E-state index contributed by atoms with van der Waals surface area (Å²) in [6, 6.07) is 48.3. The molecule has 0 saturated heterocycles. The summed E-state index contributed by atoms with van der Waals surface area (Å²) in [6.07, 6.45) is 2.71. The number of anilines is 4. The van der Waals surface area contributed by atoms with E-state index in [9.17, 15) is 0 Å². The molecule has 220 valence electrons. The second-order valence-electron chi connectivity index (χ2n) is 13.0. The van der Waals surface area contributed by atoms with Crippen molar-refractivity contribution in [1.29, 1.82) is 0 Å². The van der Waals surface area contributed by atoms with Gasteiger partial charge in [0.1, 0.15) is 12.5 Å². The summed E-state index contributed by atoms with van der Waals surface area (Å²) in [5.74, 6) is 0.938. The van der Waals surface area contributed by atoms with E-state index in [-0.39, 0.29) is 5.41 Å². The Hall–Kier alpha value is -5.35. The second-order valence-corrected chi connectivity index (χ2v) is 13.0. The molecule has 0 unspecified atom stereocenters. The highest BCUT2D eigenvalue weighted by atomic mass is 15.4. The van der Waals surface area contributed by atoms with Gasteiger partial charge in [-0.2, -0.15) is 0 Å². The molecule has 0 atom stereocenters. The van der Waals surface area contributed by atoms with E-state index >= 15 is 0 Å². The Kier molecular flexibility index (Phi) is 6.45. The van der Waals surface area contributed by atoms with Gasteiger partial charge in [-0.25, -0.2) is 4.98 Å². The van der Waals surface area contributed by atoms with Crippen molar-refractivity contribution in [3.8, 4) is 5.82 Å². The van der Waals surface area contributed by atoms with Crippen LogP contribution in [-0.4, -0.2) is 16.2 Å². The molecule has 0 spiro atoms. The van der Waals surface area contributed by atoms with Gasteiger partial charge in [0.15, 0.2) is 0 Å². The van der Waals surface area contributed by atoms with E-state index in [4.69, 9.17) is 4.98 Å². The van der Waals surface area contributed by atoms with Crippen LogP contribution in [0.1, 0.15) is 37.5 Å². The highest BCUT2D eigenvalue weighted by Gasteiger charge is 2.29. The Bertz CT molecular complexity index is 2160. The minimum Gasteiger partial charge on any atom is -0.321 e. The predicted molar refractivity (Wildman–Crippen MR) is 189 cm³/mol. The smallest absolute Gasteiger partial charge is 0.137 e. The van der Waals surface area contributed by atoms with E-state index < -0.39 is 0 Å². The lowest BCUT2D eigenvalue weighted by atomic mass is 9.85. The molecule has 0 aliphatic carbocycles. The lowest BCUT2D eigenvalue weighted by Crippen LogP contribution is -2.24. The molecule has 4 nitrogen and oxygen atoms in total. The highest BCUT2D eigenvalue weighted by molar-refractivity contribution is 6.09. The summed E-state index contributed by atoms with van der Waals surface area (Å²) in [7, 11) is 0. The summed E-state index contributed by atoms with van der Waals surface area (Å²) >= 11 is 0. The molecule has 3 heterocycles. The first-order valence-corrected chi connectivity index (χ1v) is 15.7. The van der Waals surface area contributed by atoms with Crippen LogP contribution >= 0.6 is 0 Å². The van der Waals surface area contributed by atoms with Gasteiger partial charge >= 0.3 is 0 Å². The molecule has 0 saturated carbocycles. The zero-order chi connectivity index (χ0) is 30.5. The van der Waals surface area contributed by atoms with E-state index in [1.165, 1.54) is 61.2 Å². The molecule has 2 aromatic heterocycles. The van der Waals surface area contributed by atoms with Gasteiger partial charge in [0, 0.05) is 28.3 Å². The molecule has 0 fully saturated rings. The van der Waals surface area contributed by atoms with Crippen molar-refractivity contribution < 1.29 is 0 Å². The van der Waals surface area contributed by atoms with Crippen LogP contribution < -0.4 is 9.80 Å². The monoisotopic (exact) mass is 584 g/mol. The van der Waals surface area contributed by atoms with Gasteiger partial charge in [-0.3, -0.25) is 4.57 Å². The number of fused-ring (bicyclic) bond motifs is 4. The molecule has 0 bridgehead atoms. The predicted octanol–water partition coefficient (Wildman–Crippen LogP) is 10.3. The summed E-state index contributed by atoms with van der Waals surface area (Å²) in [5.41, 5.74) is 11.2. The molecule has 7 aromatic rings. The Labute approximate surface area is 264 Å². The number of nitrogens with zero attached hydrogens (tertiary/aromatic N) is 4. The first-order valence-electron chi connectivity index (χ1n) is 15.7. The Morgan fingerprint density at radius 1 is 0.578 bits per heavy atom. The van der Waals surface area contributed by atoms with Crippen LogP contribution in [0.25, 0.3) is 27.6 Å². The summed E-state index contributed by atoms with van der Waals surface area (Å²) in [5, 5.41) is 2.50. The third-order valence-corrected chi connectivity index (χ3v) is 8.99. The maximum absolute atomic E-state index is 4.73. The molecule has 4 heteroatoms. The van der Waals surface area contributed by atoms with E-state index in [2.05, 4.69) is 163 Å². The average Bonchev–Trinajstić information content (AvgIpc) is 3.61. The number of aromatic nitrogens is 2. The molecular weight excluding hydrogens is 548 g/mol. The second kappa shape index (κ2) is 10.7. The molecule has 1 aliphatic heterocycles. The Morgan fingerprint density at radius 3 is 2.02 bits per heavy atom. The van der Waals surface area contributed by atoms with Crippen molar-refractivity contribution in [1.82, 2.24) is 9.55 Å². The van der Waals surface area contributed by atoms with Crippen molar-refractivity contribution in [3.63, 3.8) is 0 Å². The van der Waals surface area contributed by atoms with Gasteiger partial charge in [-0.15, -0.1) is 0 Å². The first kappa shape index (κ1) is 27.2. The van der Waals surface area contributed by atoms with E-state index in [0.29, 0.717) is 0 Å². The molecule has 0 amide bonds. The molecular formula is C41H36N4. The highest BCUT2D eigenvalue weighted by Crippen LogP contribution is 2.45. The van der Waals surface area contributed by atoms with Gasteiger partial charge in [-0.05, 0) is 89.2 Å². The lowest BCUT2D eigenvalue weighted by Gasteiger charge is -2.26. The van der Waals surface area contributed by atoms with Crippen LogP contribution in [0.2, 0.25) is 0 Å². The van der Waals surface area contributed by atoms with Gasteiger partial charge in [0.25, 0.3) is 0 Å². The fourth-order valence-electron chi connectivity index (χ4n) is 6.72. The Balaban J connectivity index is 1.22. The Morgan fingerprint density at radius 2 is 1.27 bits per heavy atom. The normalized spacial score (nSPS) is 13.1. The number of hydrogen-bond donors (Lipinski definition) is 0. The lowest BCUT2D eigenvalue weighted by molar-refractivity contribution is 0.589. The fourth-order valence-corrected chi connectivity index (χ4v) is 6.72. The molecule has 1 aliphatic rings. The zero-order valence-corrected chi connectivity index (χ0v) is 26.0. The van der Waals surface area contributed by atoms with Crippen molar-refractivity contribution >= 4 is 44.6 Å². The minimum atomic E-state index is 0.0124. The summed E-state index contributed by atoms with van der Waals surface area (Å²) in [4.78, 5) is 9.60. The van der Waals surface area contributed by atoms with Gasteiger partial charge in [-0.1, -0.05) is 93.6 Å². The first-order chi connectivity index (χ1) is 21.9. The minimum absolute atomic E-state index is 0.0124. The number of benzene rings is 5. The van der Waals surface area contributed by atoms with E-state index in [1.807, 2.05) is 12.3 Å². The van der Waals surface area contributed by atoms with Crippen LogP contribution in [0.15, 0.2) is 140 Å². The largest absolute Gasteiger partial charge is 0.321 e. The number of para-hydroxylation sites is 4. The number of hydrogen-bond acceptors (Lipinski definition) is 3. The van der Waals surface area contributed by atoms with Crippen molar-refractivity contribution in [2.24, 2.45) is 0 Å². The van der Waals surface area contributed by atoms with Gasteiger partial charge in [0.2, 0.25) is 0 Å². The maximum atomic E-state index is 4.73. The summed E-state index contributed by atoms with van der Waals surface area (Å²) < 4.78 is 2.30. The summed E-state index contributed by atoms with van der Waals surface area (Å²) in [6.45, 7) is 7.69. The van der Waals surface area contributed by atoms with Gasteiger partial charge < -0.3 is 9.80 Å². The van der Waals surface area contributed by atoms with Crippen molar-refractivity contribution in [3.05, 3.63) is 156 Å². The molecule has 0 N–H and O–H groups in total. The van der Waals surface area contributed by atoms with Gasteiger partial charge in [0.05, 0.1) is 22.4 Å². The van der Waals surface area contributed by atoms with E-state index in [1.54, 1.807) is 0 Å². The van der Waals surface area contributed by atoms with Crippen molar-refractivity contribution in [2.45, 2.75) is 32.6 Å². The van der Waals surface area contributed by atoms with E-state index in [0.717, 1.165) is 18.9 Å². The van der Waals surface area contributed by atoms with Crippen LogP contribution in [0.5, 0.6) is 0 Å². The zero-order valence-electron chi connectivity index (χ0n) is 26.0.